The molecule has 274 valence electrons. The molecule has 0 aliphatic carbocycles. The third kappa shape index (κ3) is 6.67. The van der Waals surface area contributed by atoms with Gasteiger partial charge in [-0.05, 0) is 75.3 Å². The Labute approximate surface area is 339 Å². The van der Waals surface area contributed by atoms with E-state index in [1.165, 1.54) is 22.3 Å². The molecule has 9 aromatic carbocycles. The van der Waals surface area contributed by atoms with Crippen LogP contribution in [0.25, 0.3) is 77.9 Å². The van der Waals surface area contributed by atoms with Crippen molar-refractivity contribution >= 4 is 28.0 Å². The molecule has 0 saturated carbocycles. The molecule has 0 saturated heterocycles. The summed E-state index contributed by atoms with van der Waals surface area (Å²) in [6.45, 7) is 0. The van der Waals surface area contributed by atoms with Crippen molar-refractivity contribution < 1.29 is 4.42 Å². The lowest BCUT2D eigenvalue weighted by Crippen LogP contribution is -2.12. The van der Waals surface area contributed by atoms with Crippen LogP contribution in [0.15, 0.2) is 241 Å². The zero-order valence-corrected chi connectivity index (χ0v) is 31.9. The van der Waals surface area contributed by atoms with Crippen LogP contribution < -0.4 is 4.90 Å². The number of benzene rings is 9. The van der Waals surface area contributed by atoms with Gasteiger partial charge in [0.1, 0.15) is 11.3 Å². The first-order chi connectivity index (χ1) is 28.8. The summed E-state index contributed by atoms with van der Waals surface area (Å²) < 4.78 is 6.54. The predicted molar refractivity (Wildman–Crippen MR) is 244 cm³/mol. The molecule has 0 N–H and O–H groups in total. The summed E-state index contributed by atoms with van der Waals surface area (Å²) >= 11 is 0. The Hall–Kier alpha value is -7.68. The van der Waals surface area contributed by atoms with Gasteiger partial charge in [0, 0.05) is 33.3 Å². The first-order valence-electron chi connectivity index (χ1n) is 19.8. The minimum atomic E-state index is 0.887. The molecule has 0 fully saturated rings. The summed E-state index contributed by atoms with van der Waals surface area (Å²) in [6, 6.07) is 84.0. The van der Waals surface area contributed by atoms with E-state index >= 15 is 0 Å². The zero-order valence-electron chi connectivity index (χ0n) is 31.9. The molecule has 1 aromatic heterocycles. The summed E-state index contributed by atoms with van der Waals surface area (Å²) in [7, 11) is 0. The molecule has 0 atom stereocenters. The molecule has 0 unspecified atom stereocenters. The second-order valence-corrected chi connectivity index (χ2v) is 14.5. The number of hydrogen-bond acceptors (Lipinski definition) is 2. The van der Waals surface area contributed by atoms with Crippen molar-refractivity contribution in [2.24, 2.45) is 0 Å². The highest BCUT2D eigenvalue weighted by atomic mass is 16.3. The van der Waals surface area contributed by atoms with Crippen molar-refractivity contribution in [3.8, 4) is 67.0 Å². The average molecular weight is 742 g/mol. The van der Waals surface area contributed by atoms with Gasteiger partial charge < -0.3 is 9.32 Å². The lowest BCUT2D eigenvalue weighted by atomic mass is 9.95. The molecule has 0 radical (unpaired) electrons. The van der Waals surface area contributed by atoms with E-state index in [-0.39, 0.29) is 0 Å². The quantitative estimate of drug-likeness (QED) is 0.146. The van der Waals surface area contributed by atoms with E-state index < -0.39 is 0 Å². The van der Waals surface area contributed by atoms with Crippen LogP contribution in [-0.2, 0) is 0 Å². The van der Waals surface area contributed by atoms with Crippen molar-refractivity contribution in [3.05, 3.63) is 237 Å². The molecular formula is C56H39NO. The second-order valence-electron chi connectivity index (χ2n) is 14.5. The molecule has 0 bridgehead atoms. The van der Waals surface area contributed by atoms with Gasteiger partial charge in [-0.15, -0.1) is 0 Å². The molecule has 10 rings (SSSR count). The Kier molecular flexibility index (Phi) is 9.27. The topological polar surface area (TPSA) is 16.4 Å². The van der Waals surface area contributed by atoms with E-state index in [0.29, 0.717) is 0 Å². The second kappa shape index (κ2) is 15.5. The summed E-state index contributed by atoms with van der Waals surface area (Å²) in [5, 5.41) is 1.12. The molecule has 0 amide bonds. The largest absolute Gasteiger partial charge is 0.455 e. The van der Waals surface area contributed by atoms with Crippen LogP contribution in [0.5, 0.6) is 0 Å². The predicted octanol–water partition coefficient (Wildman–Crippen LogP) is 15.9. The van der Waals surface area contributed by atoms with Crippen LogP contribution in [0, 0.1) is 0 Å². The van der Waals surface area contributed by atoms with Crippen LogP contribution in [0.2, 0.25) is 0 Å². The third-order valence-electron chi connectivity index (χ3n) is 10.9. The highest BCUT2D eigenvalue weighted by Crippen LogP contribution is 2.45. The maximum absolute atomic E-state index is 6.54. The highest BCUT2D eigenvalue weighted by Gasteiger charge is 2.21. The van der Waals surface area contributed by atoms with E-state index in [0.717, 1.165) is 72.7 Å². The van der Waals surface area contributed by atoms with Gasteiger partial charge in [-0.3, -0.25) is 0 Å². The van der Waals surface area contributed by atoms with E-state index in [9.17, 15) is 0 Å². The zero-order chi connectivity index (χ0) is 38.7. The number of anilines is 3. The maximum Gasteiger partial charge on any atom is 0.143 e. The van der Waals surface area contributed by atoms with Gasteiger partial charge in [-0.1, -0.05) is 200 Å². The minimum Gasteiger partial charge on any atom is -0.455 e. The van der Waals surface area contributed by atoms with E-state index in [1.807, 2.05) is 12.1 Å². The van der Waals surface area contributed by atoms with Crippen LogP contribution in [0.3, 0.4) is 0 Å². The Bertz CT molecular complexity index is 2880. The van der Waals surface area contributed by atoms with Crippen molar-refractivity contribution in [3.63, 3.8) is 0 Å². The fraction of sp³-hybridized carbons (Fsp3) is 0. The van der Waals surface area contributed by atoms with Crippen LogP contribution in [-0.4, -0.2) is 0 Å². The molecule has 1 heterocycles. The van der Waals surface area contributed by atoms with E-state index in [4.69, 9.17) is 4.42 Å². The van der Waals surface area contributed by atoms with Gasteiger partial charge in [0.25, 0.3) is 0 Å². The SMILES string of the molecule is c1ccc(-c2ccccc2N(c2ccc(-c3ccc(-c4cccc(-c5oc6ccccc6c5-c5ccccc5)c4)cc3)cc2)c2ccccc2-c2ccccc2)cc1. The fourth-order valence-corrected chi connectivity index (χ4v) is 8.11. The molecule has 0 aliphatic rings. The Balaban J connectivity index is 0.998. The fourth-order valence-electron chi connectivity index (χ4n) is 8.11. The molecule has 0 spiro atoms. The standard InChI is InChI=1S/C56H39NO/c1-4-17-43(18-5-1)49-25-10-13-28-52(49)57(53-29-14-11-26-50(53)44-19-6-2-7-20-44)48-37-35-41(36-38-48)40-31-33-42(34-32-40)46-23-16-24-47(39-46)56-55(45-21-8-3-9-22-45)51-27-12-15-30-54(51)58-56/h1-39H. The molecule has 0 aliphatic heterocycles. The maximum atomic E-state index is 6.54. The number of fused-ring (bicyclic) bond motifs is 1. The smallest absolute Gasteiger partial charge is 0.143 e. The normalized spacial score (nSPS) is 11.1. The summed E-state index contributed by atoms with van der Waals surface area (Å²) in [4.78, 5) is 2.40. The van der Waals surface area contributed by atoms with Gasteiger partial charge in [0.15, 0.2) is 0 Å². The molecule has 10 aromatic rings. The Morgan fingerprint density at radius 3 is 1.31 bits per heavy atom. The van der Waals surface area contributed by atoms with Crippen molar-refractivity contribution in [1.29, 1.82) is 0 Å². The third-order valence-corrected chi connectivity index (χ3v) is 10.9. The number of rotatable bonds is 9. The van der Waals surface area contributed by atoms with Gasteiger partial charge in [0.05, 0.1) is 11.4 Å². The summed E-state index contributed by atoms with van der Waals surface area (Å²) in [5.41, 5.74) is 16.9. The van der Waals surface area contributed by atoms with Gasteiger partial charge >= 0.3 is 0 Å². The lowest BCUT2D eigenvalue weighted by Gasteiger charge is -2.30. The minimum absolute atomic E-state index is 0.887. The van der Waals surface area contributed by atoms with Gasteiger partial charge in [0.2, 0.25) is 0 Å². The van der Waals surface area contributed by atoms with Crippen LogP contribution in [0.4, 0.5) is 17.1 Å². The molecular weight excluding hydrogens is 703 g/mol. The Morgan fingerprint density at radius 2 is 0.724 bits per heavy atom. The number of furan rings is 1. The average Bonchev–Trinajstić information content (AvgIpc) is 3.71. The van der Waals surface area contributed by atoms with E-state index in [2.05, 4.69) is 229 Å². The molecule has 2 nitrogen and oxygen atoms in total. The monoisotopic (exact) mass is 741 g/mol. The Morgan fingerprint density at radius 1 is 0.293 bits per heavy atom. The number of para-hydroxylation sites is 3. The summed E-state index contributed by atoms with van der Waals surface area (Å²) in [5.74, 6) is 0.887. The van der Waals surface area contributed by atoms with Gasteiger partial charge in [-0.25, -0.2) is 0 Å². The first-order valence-corrected chi connectivity index (χ1v) is 19.8. The van der Waals surface area contributed by atoms with Crippen LogP contribution >= 0.6 is 0 Å². The first kappa shape index (κ1) is 34.8. The van der Waals surface area contributed by atoms with Crippen LogP contribution in [0.1, 0.15) is 0 Å². The molecule has 58 heavy (non-hydrogen) atoms. The number of nitrogens with zero attached hydrogens (tertiary/aromatic N) is 1. The highest BCUT2D eigenvalue weighted by molar-refractivity contribution is 6.02. The molecule has 2 heteroatoms. The van der Waals surface area contributed by atoms with Gasteiger partial charge in [-0.2, -0.15) is 0 Å². The summed E-state index contributed by atoms with van der Waals surface area (Å²) in [6.07, 6.45) is 0. The number of hydrogen-bond donors (Lipinski definition) is 0. The van der Waals surface area contributed by atoms with Crippen molar-refractivity contribution in [1.82, 2.24) is 0 Å². The van der Waals surface area contributed by atoms with Crippen molar-refractivity contribution in [2.45, 2.75) is 0 Å². The van der Waals surface area contributed by atoms with Crippen molar-refractivity contribution in [2.75, 3.05) is 4.90 Å². The lowest BCUT2D eigenvalue weighted by molar-refractivity contribution is 0.632. The van der Waals surface area contributed by atoms with E-state index in [1.54, 1.807) is 0 Å².